The summed E-state index contributed by atoms with van der Waals surface area (Å²) in [6, 6.07) is 11.7. The monoisotopic (exact) mass is 317 g/mol. The zero-order valence-corrected chi connectivity index (χ0v) is 11.6. The fourth-order valence-electron chi connectivity index (χ4n) is 2.24. The van der Waals surface area contributed by atoms with Gasteiger partial charge in [0.25, 0.3) is 0 Å². The van der Waals surface area contributed by atoms with Gasteiger partial charge in [-0.1, -0.05) is 18.2 Å². The third-order valence-corrected chi connectivity index (χ3v) is 3.76. The van der Waals surface area contributed by atoms with E-state index in [9.17, 15) is 0 Å². The molecule has 0 saturated heterocycles. The molecule has 1 atom stereocenters. The molecule has 0 amide bonds. The van der Waals surface area contributed by atoms with E-state index in [1.165, 1.54) is 0 Å². The highest BCUT2D eigenvalue weighted by molar-refractivity contribution is 9.10. The molecule has 0 spiro atoms. The van der Waals surface area contributed by atoms with Gasteiger partial charge in [-0.2, -0.15) is 0 Å². The Morgan fingerprint density at radius 2 is 2.05 bits per heavy atom. The Balaban J connectivity index is 2.20. The van der Waals surface area contributed by atoms with Gasteiger partial charge >= 0.3 is 0 Å². The van der Waals surface area contributed by atoms with E-state index in [4.69, 9.17) is 10.3 Å². The lowest BCUT2D eigenvalue weighted by Crippen LogP contribution is -2.29. The summed E-state index contributed by atoms with van der Waals surface area (Å²) >= 11 is 3.39. The van der Waals surface area contributed by atoms with Gasteiger partial charge in [0, 0.05) is 17.1 Å². The Kier molecular flexibility index (Phi) is 3.33. The lowest BCUT2D eigenvalue weighted by Gasteiger charge is -2.17. The van der Waals surface area contributed by atoms with E-state index in [0.29, 0.717) is 4.67 Å². The van der Waals surface area contributed by atoms with Gasteiger partial charge in [-0.25, -0.2) is 5.43 Å². The summed E-state index contributed by atoms with van der Waals surface area (Å²) in [6.07, 6.45) is 3.41. The fourth-order valence-corrected chi connectivity index (χ4v) is 2.71. The highest BCUT2D eigenvalue weighted by atomic mass is 79.9. The van der Waals surface area contributed by atoms with Gasteiger partial charge in [0.2, 0.25) is 0 Å². The standard InChI is InChI=1S/C14H12BrN3O/c15-14-11(6-8-19-14)13(18-16)10-3-1-5-12-9(10)4-2-7-17-12/h1-8,13,18H,16H2. The Morgan fingerprint density at radius 3 is 2.79 bits per heavy atom. The van der Waals surface area contributed by atoms with Crippen molar-refractivity contribution in [3.05, 3.63) is 64.7 Å². The van der Waals surface area contributed by atoms with Crippen molar-refractivity contribution >= 4 is 26.8 Å². The Morgan fingerprint density at radius 1 is 1.16 bits per heavy atom. The van der Waals surface area contributed by atoms with E-state index >= 15 is 0 Å². The number of hydrazine groups is 1. The van der Waals surface area contributed by atoms with Crippen LogP contribution in [-0.4, -0.2) is 4.98 Å². The highest BCUT2D eigenvalue weighted by Crippen LogP contribution is 2.32. The van der Waals surface area contributed by atoms with Crippen molar-refractivity contribution in [3.63, 3.8) is 0 Å². The van der Waals surface area contributed by atoms with Crippen molar-refractivity contribution in [2.24, 2.45) is 5.84 Å². The minimum Gasteiger partial charge on any atom is -0.457 e. The number of benzene rings is 1. The second kappa shape index (κ2) is 5.13. The maximum atomic E-state index is 5.72. The number of nitrogens with one attached hydrogen (secondary N) is 1. The van der Waals surface area contributed by atoms with Crippen LogP contribution >= 0.6 is 15.9 Å². The zero-order valence-electron chi connectivity index (χ0n) is 10.0. The molecule has 96 valence electrons. The molecule has 1 aromatic carbocycles. The molecule has 0 radical (unpaired) electrons. The first-order chi connectivity index (χ1) is 9.31. The quantitative estimate of drug-likeness (QED) is 0.575. The van der Waals surface area contributed by atoms with Gasteiger partial charge in [-0.15, -0.1) is 0 Å². The Labute approximate surface area is 118 Å². The Hall–Kier alpha value is -1.69. The van der Waals surface area contributed by atoms with Crippen molar-refractivity contribution < 1.29 is 4.42 Å². The predicted molar refractivity (Wildman–Crippen MR) is 77.3 cm³/mol. The summed E-state index contributed by atoms with van der Waals surface area (Å²) < 4.78 is 5.96. The number of pyridine rings is 1. The average molecular weight is 318 g/mol. The van der Waals surface area contributed by atoms with Crippen LogP contribution < -0.4 is 11.3 Å². The second-order valence-electron chi connectivity index (χ2n) is 4.17. The molecular weight excluding hydrogens is 306 g/mol. The molecule has 0 aliphatic heterocycles. The fraction of sp³-hybridized carbons (Fsp3) is 0.0714. The topological polar surface area (TPSA) is 64.1 Å². The second-order valence-corrected chi connectivity index (χ2v) is 4.89. The smallest absolute Gasteiger partial charge is 0.174 e. The van der Waals surface area contributed by atoms with Crippen molar-refractivity contribution in [1.29, 1.82) is 0 Å². The first-order valence-electron chi connectivity index (χ1n) is 5.84. The maximum absolute atomic E-state index is 5.72. The van der Waals surface area contributed by atoms with E-state index in [2.05, 4.69) is 26.3 Å². The van der Waals surface area contributed by atoms with Gasteiger partial charge in [-0.05, 0) is 39.7 Å². The van der Waals surface area contributed by atoms with Crippen molar-refractivity contribution in [2.45, 2.75) is 6.04 Å². The normalized spacial score (nSPS) is 12.7. The third kappa shape index (κ3) is 2.16. The summed E-state index contributed by atoms with van der Waals surface area (Å²) in [6.45, 7) is 0. The first kappa shape index (κ1) is 12.3. The molecule has 0 saturated carbocycles. The summed E-state index contributed by atoms with van der Waals surface area (Å²) in [5.74, 6) is 5.72. The minimum atomic E-state index is -0.152. The van der Waals surface area contributed by atoms with Gasteiger partial charge in [0.05, 0.1) is 17.8 Å². The van der Waals surface area contributed by atoms with E-state index in [0.717, 1.165) is 22.0 Å². The molecule has 19 heavy (non-hydrogen) atoms. The molecule has 0 aliphatic rings. The van der Waals surface area contributed by atoms with Crippen LogP contribution in [0, 0.1) is 0 Å². The first-order valence-corrected chi connectivity index (χ1v) is 6.63. The highest BCUT2D eigenvalue weighted by Gasteiger charge is 2.19. The van der Waals surface area contributed by atoms with Crippen LogP contribution in [0.5, 0.6) is 0 Å². The molecule has 3 rings (SSSR count). The van der Waals surface area contributed by atoms with Crippen molar-refractivity contribution in [1.82, 2.24) is 10.4 Å². The van der Waals surface area contributed by atoms with Crippen LogP contribution in [0.25, 0.3) is 10.9 Å². The van der Waals surface area contributed by atoms with Crippen LogP contribution in [-0.2, 0) is 0 Å². The van der Waals surface area contributed by atoms with Crippen molar-refractivity contribution in [2.75, 3.05) is 0 Å². The van der Waals surface area contributed by atoms with Crippen LogP contribution in [0.3, 0.4) is 0 Å². The van der Waals surface area contributed by atoms with Crippen LogP contribution in [0.1, 0.15) is 17.2 Å². The molecule has 0 aliphatic carbocycles. The summed E-state index contributed by atoms with van der Waals surface area (Å²) in [7, 11) is 0. The zero-order chi connectivity index (χ0) is 13.2. The maximum Gasteiger partial charge on any atom is 0.174 e. The van der Waals surface area contributed by atoms with Gasteiger partial charge in [0.15, 0.2) is 4.67 Å². The lowest BCUT2D eigenvalue weighted by atomic mass is 9.97. The SMILES string of the molecule is NNC(c1ccoc1Br)c1cccc2ncccc12. The number of hydrogen-bond donors (Lipinski definition) is 2. The molecule has 1 unspecified atom stereocenters. The molecule has 0 fully saturated rings. The molecule has 3 aromatic rings. The van der Waals surface area contributed by atoms with Crippen LogP contribution in [0.15, 0.2) is 57.9 Å². The minimum absolute atomic E-state index is 0.152. The van der Waals surface area contributed by atoms with Crippen LogP contribution in [0.4, 0.5) is 0 Å². The number of nitrogens with two attached hydrogens (primary N) is 1. The molecule has 0 bridgehead atoms. The number of fused-ring (bicyclic) bond motifs is 1. The molecule has 2 aromatic heterocycles. The average Bonchev–Trinajstić information content (AvgIpc) is 2.86. The van der Waals surface area contributed by atoms with Gasteiger partial charge in [0.1, 0.15) is 0 Å². The molecule has 3 N–H and O–H groups in total. The molecule has 2 heterocycles. The number of aromatic nitrogens is 1. The van der Waals surface area contributed by atoms with E-state index < -0.39 is 0 Å². The van der Waals surface area contributed by atoms with Crippen LogP contribution in [0.2, 0.25) is 0 Å². The van der Waals surface area contributed by atoms with E-state index in [1.807, 2.05) is 36.4 Å². The van der Waals surface area contributed by atoms with Crippen molar-refractivity contribution in [3.8, 4) is 0 Å². The third-order valence-electron chi connectivity index (χ3n) is 3.11. The predicted octanol–water partition coefficient (Wildman–Crippen LogP) is 3.14. The van der Waals surface area contributed by atoms with E-state index in [1.54, 1.807) is 12.5 Å². The van der Waals surface area contributed by atoms with Gasteiger partial charge in [-0.3, -0.25) is 10.8 Å². The number of hydrogen-bond acceptors (Lipinski definition) is 4. The molecular formula is C14H12BrN3O. The van der Waals surface area contributed by atoms with E-state index in [-0.39, 0.29) is 6.04 Å². The summed E-state index contributed by atoms with van der Waals surface area (Å²) in [4.78, 5) is 4.36. The number of halogens is 1. The summed E-state index contributed by atoms with van der Waals surface area (Å²) in [5, 5.41) is 1.07. The molecule has 4 nitrogen and oxygen atoms in total. The number of rotatable bonds is 3. The summed E-state index contributed by atoms with van der Waals surface area (Å²) in [5.41, 5.74) is 5.80. The lowest BCUT2D eigenvalue weighted by molar-refractivity contribution is 0.527. The number of nitrogens with zero attached hydrogens (tertiary/aromatic N) is 1. The largest absolute Gasteiger partial charge is 0.457 e. The van der Waals surface area contributed by atoms with Gasteiger partial charge < -0.3 is 4.42 Å². The Bertz CT molecular complexity index is 705. The number of furan rings is 1. The molecule has 5 heteroatoms.